The van der Waals surface area contributed by atoms with Gasteiger partial charge in [0.25, 0.3) is 5.91 Å². The lowest BCUT2D eigenvalue weighted by atomic mass is 10.2. The van der Waals surface area contributed by atoms with E-state index in [-0.39, 0.29) is 5.56 Å². The van der Waals surface area contributed by atoms with Crippen LogP contribution in [-0.4, -0.2) is 18.0 Å². The molecule has 0 aliphatic heterocycles. The third-order valence-electron chi connectivity index (χ3n) is 2.88. The molecule has 1 N–H and O–H groups in total. The first-order valence-corrected chi connectivity index (χ1v) is 7.28. The number of esters is 1. The average Bonchev–Trinajstić information content (AvgIpc) is 2.51. The second-order valence-corrected chi connectivity index (χ2v) is 5.45. The number of pyridine rings is 1. The van der Waals surface area contributed by atoms with Gasteiger partial charge in [0.2, 0.25) is 0 Å². The number of nitrogens with zero attached hydrogens (tertiary/aromatic N) is 1. The fourth-order valence-electron chi connectivity index (χ4n) is 1.66. The molecule has 2 aromatic rings. The lowest BCUT2D eigenvalue weighted by Crippen LogP contribution is -2.30. The molecule has 0 bridgehead atoms. The number of carbonyl (C=O) groups is 2. The van der Waals surface area contributed by atoms with Crippen LogP contribution in [-0.2, 0) is 9.53 Å². The van der Waals surface area contributed by atoms with Gasteiger partial charge in [-0.05, 0) is 25.1 Å². The Morgan fingerprint density at radius 1 is 1.22 bits per heavy atom. The Morgan fingerprint density at radius 2 is 1.87 bits per heavy atom. The van der Waals surface area contributed by atoms with Crippen LogP contribution in [0, 0.1) is 5.21 Å². The number of halogens is 2. The van der Waals surface area contributed by atoms with Crippen molar-refractivity contribution in [1.29, 1.82) is 0 Å². The number of nitrogens with one attached hydrogen (secondary N) is 1. The predicted octanol–water partition coefficient (Wildman–Crippen LogP) is 2.81. The summed E-state index contributed by atoms with van der Waals surface area (Å²) in [5.41, 5.74) is 0.483. The highest BCUT2D eigenvalue weighted by molar-refractivity contribution is 6.35. The van der Waals surface area contributed by atoms with Crippen LogP contribution in [0.3, 0.4) is 0 Å². The van der Waals surface area contributed by atoms with Gasteiger partial charge in [-0.3, -0.25) is 4.79 Å². The van der Waals surface area contributed by atoms with E-state index in [2.05, 4.69) is 5.32 Å². The van der Waals surface area contributed by atoms with Crippen molar-refractivity contribution in [1.82, 2.24) is 0 Å². The minimum absolute atomic E-state index is 0.164. The van der Waals surface area contributed by atoms with Crippen molar-refractivity contribution >= 4 is 40.8 Å². The van der Waals surface area contributed by atoms with E-state index in [1.807, 2.05) is 0 Å². The smallest absolute Gasteiger partial charge is 0.339 e. The van der Waals surface area contributed by atoms with Crippen LogP contribution >= 0.6 is 23.2 Å². The van der Waals surface area contributed by atoms with Gasteiger partial charge in [-0.2, -0.15) is 4.73 Å². The molecule has 0 spiro atoms. The van der Waals surface area contributed by atoms with Crippen LogP contribution in [0.25, 0.3) is 0 Å². The van der Waals surface area contributed by atoms with Gasteiger partial charge in [-0.15, -0.1) is 0 Å². The van der Waals surface area contributed by atoms with Crippen molar-refractivity contribution in [3.63, 3.8) is 0 Å². The number of aromatic nitrogens is 1. The molecule has 0 radical (unpaired) electrons. The van der Waals surface area contributed by atoms with E-state index in [1.54, 1.807) is 12.1 Å². The summed E-state index contributed by atoms with van der Waals surface area (Å²) < 4.78 is 5.58. The van der Waals surface area contributed by atoms with Crippen molar-refractivity contribution in [2.24, 2.45) is 0 Å². The number of amides is 1. The first kappa shape index (κ1) is 17.1. The molecule has 23 heavy (non-hydrogen) atoms. The molecule has 1 amide bonds. The maximum Gasteiger partial charge on any atom is 0.339 e. The molecule has 0 aliphatic carbocycles. The Bertz CT molecular complexity index is 735. The molecule has 0 unspecified atom stereocenters. The van der Waals surface area contributed by atoms with Crippen molar-refractivity contribution in [2.75, 3.05) is 5.32 Å². The van der Waals surface area contributed by atoms with Gasteiger partial charge >= 0.3 is 5.97 Å². The topological polar surface area (TPSA) is 82.3 Å². The maximum absolute atomic E-state index is 12.1. The number of hydrogen-bond donors (Lipinski definition) is 1. The van der Waals surface area contributed by atoms with Gasteiger partial charge in [-0.1, -0.05) is 23.2 Å². The molecule has 1 aromatic heterocycles. The van der Waals surface area contributed by atoms with E-state index in [9.17, 15) is 14.8 Å². The molecule has 6 nitrogen and oxygen atoms in total. The highest BCUT2D eigenvalue weighted by atomic mass is 35.5. The van der Waals surface area contributed by atoms with E-state index in [4.69, 9.17) is 27.9 Å². The quantitative estimate of drug-likeness (QED) is 0.519. The average molecular weight is 355 g/mol. The summed E-state index contributed by atoms with van der Waals surface area (Å²) in [5, 5.41) is 14.2. The minimum atomic E-state index is -1.06. The summed E-state index contributed by atoms with van der Waals surface area (Å²) in [7, 11) is 0. The molecule has 1 atom stereocenters. The van der Waals surface area contributed by atoms with E-state index in [1.165, 1.54) is 25.1 Å². The Labute approximate surface area is 142 Å². The van der Waals surface area contributed by atoms with Crippen LogP contribution in [0.5, 0.6) is 0 Å². The molecular weight excluding hydrogens is 343 g/mol. The second kappa shape index (κ2) is 7.30. The van der Waals surface area contributed by atoms with Crippen molar-refractivity contribution < 1.29 is 19.1 Å². The van der Waals surface area contributed by atoms with Crippen LogP contribution < -0.4 is 10.0 Å². The molecule has 1 heterocycles. The molecule has 120 valence electrons. The number of carbonyl (C=O) groups excluding carboxylic acids is 2. The van der Waals surface area contributed by atoms with E-state index < -0.39 is 18.0 Å². The summed E-state index contributed by atoms with van der Waals surface area (Å²) in [6, 6.07) is 7.21. The van der Waals surface area contributed by atoms with Crippen LogP contribution in [0.4, 0.5) is 5.69 Å². The fourth-order valence-corrected chi connectivity index (χ4v) is 2.00. The standard InChI is InChI=1S/C15H12Cl2N2O4/c1-9(23-15(21)10-4-6-19(22)7-5-10)14(20)18-13-8-11(16)2-3-12(13)17/h2-9H,1H3,(H,18,20)/t9-/m1/s1. The van der Waals surface area contributed by atoms with Crippen molar-refractivity contribution in [3.05, 3.63) is 63.5 Å². The number of ether oxygens (including phenoxy) is 1. The lowest BCUT2D eigenvalue weighted by Gasteiger charge is -2.14. The highest BCUT2D eigenvalue weighted by Gasteiger charge is 2.20. The van der Waals surface area contributed by atoms with Gasteiger partial charge in [0, 0.05) is 17.2 Å². The Morgan fingerprint density at radius 3 is 2.52 bits per heavy atom. The van der Waals surface area contributed by atoms with Crippen LogP contribution in [0.2, 0.25) is 10.0 Å². The van der Waals surface area contributed by atoms with E-state index in [0.29, 0.717) is 20.5 Å². The van der Waals surface area contributed by atoms with Crippen molar-refractivity contribution in [3.8, 4) is 0 Å². The van der Waals surface area contributed by atoms with Gasteiger partial charge in [-0.25, -0.2) is 4.79 Å². The maximum atomic E-state index is 12.1. The third kappa shape index (κ3) is 4.58. The van der Waals surface area contributed by atoms with Crippen LogP contribution in [0.1, 0.15) is 17.3 Å². The first-order valence-electron chi connectivity index (χ1n) is 6.52. The number of rotatable bonds is 4. The molecule has 2 rings (SSSR count). The molecule has 1 aromatic carbocycles. The van der Waals surface area contributed by atoms with E-state index >= 15 is 0 Å². The predicted molar refractivity (Wildman–Crippen MR) is 85.4 cm³/mol. The number of anilines is 1. The molecule has 0 saturated carbocycles. The highest BCUT2D eigenvalue weighted by Crippen LogP contribution is 2.25. The first-order chi connectivity index (χ1) is 10.9. The summed E-state index contributed by atoms with van der Waals surface area (Å²) in [6.07, 6.45) is 1.26. The number of hydrogen-bond acceptors (Lipinski definition) is 4. The Hall–Kier alpha value is -2.31. The molecule has 0 fully saturated rings. The monoisotopic (exact) mass is 354 g/mol. The zero-order valence-electron chi connectivity index (χ0n) is 12.0. The molecular formula is C15H12Cl2N2O4. The van der Waals surface area contributed by atoms with Gasteiger partial charge in [0.15, 0.2) is 18.5 Å². The zero-order valence-corrected chi connectivity index (χ0v) is 13.5. The number of benzene rings is 1. The Kier molecular flexibility index (Phi) is 5.41. The zero-order chi connectivity index (χ0) is 17.0. The third-order valence-corrected chi connectivity index (χ3v) is 3.44. The van der Waals surface area contributed by atoms with Gasteiger partial charge in [0.1, 0.15) is 0 Å². The summed E-state index contributed by atoms with van der Waals surface area (Å²) >= 11 is 11.8. The van der Waals surface area contributed by atoms with Gasteiger partial charge < -0.3 is 15.3 Å². The van der Waals surface area contributed by atoms with Crippen molar-refractivity contribution in [2.45, 2.75) is 13.0 Å². The Balaban J connectivity index is 2.01. The SMILES string of the molecule is C[C@@H](OC(=O)c1cc[n+]([O-])cc1)C(=O)Nc1cc(Cl)ccc1Cl. The fraction of sp³-hybridized carbons (Fsp3) is 0.133. The largest absolute Gasteiger partial charge is 0.619 e. The molecule has 8 heteroatoms. The van der Waals surface area contributed by atoms with Crippen LogP contribution in [0.15, 0.2) is 42.7 Å². The van der Waals surface area contributed by atoms with E-state index in [0.717, 1.165) is 12.4 Å². The normalized spacial score (nSPS) is 11.6. The molecule has 0 saturated heterocycles. The lowest BCUT2D eigenvalue weighted by molar-refractivity contribution is -0.605. The summed E-state index contributed by atoms with van der Waals surface area (Å²) in [4.78, 5) is 23.9. The minimum Gasteiger partial charge on any atom is -0.619 e. The second-order valence-electron chi connectivity index (χ2n) is 4.61. The summed E-state index contributed by atoms with van der Waals surface area (Å²) in [6.45, 7) is 1.42. The summed E-state index contributed by atoms with van der Waals surface area (Å²) in [5.74, 6) is -1.28. The van der Waals surface area contributed by atoms with Gasteiger partial charge in [0.05, 0.1) is 16.3 Å². The molecule has 0 aliphatic rings.